The van der Waals surface area contributed by atoms with Crippen molar-refractivity contribution in [3.05, 3.63) is 0 Å². The number of carbonyl (C=O) groups excluding carboxylic acids is 2. The zero-order chi connectivity index (χ0) is 11.3. The van der Waals surface area contributed by atoms with Crippen LogP contribution < -0.4 is 16.8 Å². The molecule has 7 nitrogen and oxygen atoms in total. The van der Waals surface area contributed by atoms with Crippen LogP contribution in [0.25, 0.3) is 0 Å². The number of carbonyl (C=O) groups is 3. The predicted molar refractivity (Wildman–Crippen MR) is 47.0 cm³/mol. The fraction of sp³-hybridized carbons (Fsp3) is 0.571. The van der Waals surface area contributed by atoms with E-state index < -0.39 is 36.3 Å². The Morgan fingerprint density at radius 3 is 2.14 bits per heavy atom. The highest BCUT2D eigenvalue weighted by atomic mass is 16.4. The molecule has 7 heteroatoms. The van der Waals surface area contributed by atoms with Crippen molar-refractivity contribution in [1.29, 1.82) is 0 Å². The van der Waals surface area contributed by atoms with Gasteiger partial charge in [-0.15, -0.1) is 0 Å². The van der Waals surface area contributed by atoms with Gasteiger partial charge in [-0.3, -0.25) is 19.7 Å². The molecule has 0 radical (unpaired) electrons. The van der Waals surface area contributed by atoms with Gasteiger partial charge in [-0.25, -0.2) is 0 Å². The molecule has 80 valence electrons. The quantitative estimate of drug-likeness (QED) is 0.408. The molecule has 0 aromatic carbocycles. The lowest BCUT2D eigenvalue weighted by Gasteiger charge is -2.10. The molecule has 0 heterocycles. The van der Waals surface area contributed by atoms with E-state index in [-0.39, 0.29) is 0 Å². The number of imide groups is 1. The molecule has 0 aliphatic heterocycles. The second kappa shape index (κ2) is 5.30. The first kappa shape index (κ1) is 12.5. The average Bonchev–Trinajstić information content (AvgIpc) is 2.02. The minimum atomic E-state index is -1.24. The number of amides is 2. The Hall–Kier alpha value is -1.47. The summed E-state index contributed by atoms with van der Waals surface area (Å²) in [6, 6.07) is -2.08. The number of carboxylic acid groups (broad SMARTS) is 1. The van der Waals surface area contributed by atoms with Crippen molar-refractivity contribution in [2.24, 2.45) is 11.5 Å². The van der Waals surface area contributed by atoms with Crippen molar-refractivity contribution < 1.29 is 19.5 Å². The van der Waals surface area contributed by atoms with Crippen LogP contribution in [0.2, 0.25) is 0 Å². The van der Waals surface area contributed by atoms with Gasteiger partial charge in [0.1, 0.15) is 0 Å². The maximum atomic E-state index is 11.0. The summed E-state index contributed by atoms with van der Waals surface area (Å²) in [6.45, 7) is 1.39. The molecule has 2 amide bonds. The summed E-state index contributed by atoms with van der Waals surface area (Å²) in [7, 11) is 0. The zero-order valence-corrected chi connectivity index (χ0v) is 7.69. The topological polar surface area (TPSA) is 136 Å². The zero-order valence-electron chi connectivity index (χ0n) is 7.69. The highest BCUT2D eigenvalue weighted by molar-refractivity contribution is 6.00. The van der Waals surface area contributed by atoms with Gasteiger partial charge in [-0.2, -0.15) is 0 Å². The lowest BCUT2D eigenvalue weighted by atomic mass is 10.2. The fourth-order valence-electron chi connectivity index (χ4n) is 0.609. The van der Waals surface area contributed by atoms with Crippen LogP contribution in [0.1, 0.15) is 13.3 Å². The number of rotatable bonds is 4. The molecule has 14 heavy (non-hydrogen) atoms. The molecule has 0 spiro atoms. The Balaban J connectivity index is 4.08. The van der Waals surface area contributed by atoms with Crippen molar-refractivity contribution in [1.82, 2.24) is 5.32 Å². The fourth-order valence-corrected chi connectivity index (χ4v) is 0.609. The number of hydrogen-bond acceptors (Lipinski definition) is 5. The van der Waals surface area contributed by atoms with E-state index >= 15 is 0 Å². The van der Waals surface area contributed by atoms with Crippen LogP contribution >= 0.6 is 0 Å². The van der Waals surface area contributed by atoms with Gasteiger partial charge in [0, 0.05) is 0 Å². The van der Waals surface area contributed by atoms with Crippen molar-refractivity contribution >= 4 is 17.8 Å². The summed E-state index contributed by atoms with van der Waals surface area (Å²) in [5.74, 6) is -2.73. The third-order valence-electron chi connectivity index (χ3n) is 1.39. The lowest BCUT2D eigenvalue weighted by molar-refractivity contribution is -0.140. The molecule has 0 aliphatic rings. The summed E-state index contributed by atoms with van der Waals surface area (Å²) in [6.07, 6.45) is -0.530. The van der Waals surface area contributed by atoms with Crippen molar-refractivity contribution in [3.8, 4) is 0 Å². The van der Waals surface area contributed by atoms with E-state index in [1.54, 1.807) is 0 Å². The second-order valence-corrected chi connectivity index (χ2v) is 2.85. The monoisotopic (exact) mass is 203 g/mol. The van der Waals surface area contributed by atoms with Crippen molar-refractivity contribution in [3.63, 3.8) is 0 Å². The van der Waals surface area contributed by atoms with E-state index in [0.29, 0.717) is 0 Å². The first-order valence-electron chi connectivity index (χ1n) is 3.92. The number of hydrogen-bond donors (Lipinski definition) is 4. The van der Waals surface area contributed by atoms with Crippen LogP contribution in [0.5, 0.6) is 0 Å². The predicted octanol–water partition coefficient (Wildman–Crippen LogP) is -2.22. The van der Waals surface area contributed by atoms with E-state index in [0.717, 1.165) is 0 Å². The van der Waals surface area contributed by atoms with Gasteiger partial charge in [0.15, 0.2) is 0 Å². The van der Waals surface area contributed by atoms with Gasteiger partial charge in [0.25, 0.3) is 0 Å². The number of carboxylic acids is 1. The van der Waals surface area contributed by atoms with Crippen LogP contribution in [0.4, 0.5) is 0 Å². The van der Waals surface area contributed by atoms with E-state index in [1.807, 2.05) is 5.32 Å². The Bertz CT molecular complexity index is 251. The number of nitrogens with one attached hydrogen (secondary N) is 1. The van der Waals surface area contributed by atoms with Gasteiger partial charge in [-0.1, -0.05) is 0 Å². The van der Waals surface area contributed by atoms with E-state index in [4.69, 9.17) is 16.6 Å². The van der Waals surface area contributed by atoms with Crippen LogP contribution in [0.3, 0.4) is 0 Å². The van der Waals surface area contributed by atoms with Gasteiger partial charge >= 0.3 is 5.97 Å². The summed E-state index contributed by atoms with van der Waals surface area (Å²) in [5, 5.41) is 10.2. The molecule has 0 aromatic rings. The third kappa shape index (κ3) is 4.53. The highest BCUT2D eigenvalue weighted by Crippen LogP contribution is 1.88. The summed E-state index contributed by atoms with van der Waals surface area (Å²) < 4.78 is 0. The standard InChI is InChI=1S/C7H13N3O4/c1-3(8)6(13)10-7(14)4(9)2-5(11)12/h3-4H,2,8-9H2,1H3,(H,11,12)(H,10,13,14)/t3-,4-/m0/s1. The summed E-state index contributed by atoms with van der Waals surface area (Å²) >= 11 is 0. The average molecular weight is 203 g/mol. The maximum Gasteiger partial charge on any atom is 0.305 e. The summed E-state index contributed by atoms with van der Waals surface area (Å²) in [4.78, 5) is 32.1. The minimum Gasteiger partial charge on any atom is -0.481 e. The summed E-state index contributed by atoms with van der Waals surface area (Å²) in [5.41, 5.74) is 10.3. The molecule has 0 unspecified atom stereocenters. The largest absolute Gasteiger partial charge is 0.481 e. The number of aliphatic carboxylic acids is 1. The molecule has 0 saturated heterocycles. The van der Waals surface area contributed by atoms with Crippen LogP contribution in [-0.2, 0) is 14.4 Å². The lowest BCUT2D eigenvalue weighted by Crippen LogP contribution is -2.49. The first-order valence-corrected chi connectivity index (χ1v) is 3.92. The highest BCUT2D eigenvalue weighted by Gasteiger charge is 2.20. The van der Waals surface area contributed by atoms with Gasteiger partial charge in [0.2, 0.25) is 11.8 Å². The van der Waals surface area contributed by atoms with Gasteiger partial charge in [-0.05, 0) is 6.92 Å². The second-order valence-electron chi connectivity index (χ2n) is 2.85. The molecule has 6 N–H and O–H groups in total. The maximum absolute atomic E-state index is 11.0. The third-order valence-corrected chi connectivity index (χ3v) is 1.39. The Kier molecular flexibility index (Phi) is 4.74. The normalized spacial score (nSPS) is 14.2. The van der Waals surface area contributed by atoms with E-state index in [9.17, 15) is 14.4 Å². The SMILES string of the molecule is C[C@H](N)C(=O)NC(=O)[C@@H](N)CC(=O)O. The Morgan fingerprint density at radius 1 is 1.29 bits per heavy atom. The first-order chi connectivity index (χ1) is 6.34. The number of nitrogens with two attached hydrogens (primary N) is 2. The Labute approximate surface area is 80.4 Å². The molecular weight excluding hydrogens is 190 g/mol. The molecule has 0 aromatic heterocycles. The Morgan fingerprint density at radius 2 is 1.79 bits per heavy atom. The molecule has 0 fully saturated rings. The van der Waals surface area contributed by atoms with Gasteiger partial charge in [0.05, 0.1) is 18.5 Å². The van der Waals surface area contributed by atoms with Crippen molar-refractivity contribution in [2.75, 3.05) is 0 Å². The smallest absolute Gasteiger partial charge is 0.305 e. The molecule has 0 aliphatic carbocycles. The van der Waals surface area contributed by atoms with E-state index in [1.165, 1.54) is 6.92 Å². The van der Waals surface area contributed by atoms with Crippen LogP contribution in [0, 0.1) is 0 Å². The van der Waals surface area contributed by atoms with Crippen LogP contribution in [0.15, 0.2) is 0 Å². The molecule has 0 saturated carbocycles. The van der Waals surface area contributed by atoms with Crippen molar-refractivity contribution in [2.45, 2.75) is 25.4 Å². The minimum absolute atomic E-state index is 0.530. The molecule has 2 atom stereocenters. The van der Waals surface area contributed by atoms with E-state index in [2.05, 4.69) is 0 Å². The van der Waals surface area contributed by atoms with Crippen LogP contribution in [-0.4, -0.2) is 35.0 Å². The molecule has 0 rings (SSSR count). The molecule has 0 bridgehead atoms. The van der Waals surface area contributed by atoms with Gasteiger partial charge < -0.3 is 16.6 Å². The molecular formula is C7H13N3O4.